The first kappa shape index (κ1) is 23.4. The van der Waals surface area contributed by atoms with Gasteiger partial charge in [-0.1, -0.05) is 44.2 Å². The summed E-state index contributed by atoms with van der Waals surface area (Å²) < 4.78 is 5.70. The summed E-state index contributed by atoms with van der Waals surface area (Å²) in [5.74, 6) is 0.302. The molecule has 0 radical (unpaired) electrons. The van der Waals surface area contributed by atoms with Crippen LogP contribution in [0.15, 0.2) is 36.5 Å². The van der Waals surface area contributed by atoms with E-state index in [0.29, 0.717) is 22.4 Å². The van der Waals surface area contributed by atoms with Crippen LogP contribution < -0.4 is 24.0 Å². The van der Waals surface area contributed by atoms with Crippen molar-refractivity contribution >= 4 is 5.97 Å². The third-order valence-corrected chi connectivity index (χ3v) is 5.17. The van der Waals surface area contributed by atoms with E-state index in [1.165, 1.54) is 18.4 Å². The Morgan fingerprint density at radius 3 is 2.67 bits per heavy atom. The Balaban J connectivity index is 0.00000529. The van der Waals surface area contributed by atoms with E-state index < -0.39 is 0 Å². The first-order valence-corrected chi connectivity index (χ1v) is 8.54. The maximum Gasteiger partial charge on any atom is 0.362 e. The zero-order chi connectivity index (χ0) is 17.7. The van der Waals surface area contributed by atoms with Crippen LogP contribution in [0.1, 0.15) is 40.5 Å². The third kappa shape index (κ3) is 6.71. The summed E-state index contributed by atoms with van der Waals surface area (Å²) in [5, 5.41) is 0. The first-order chi connectivity index (χ1) is 10.6. The second-order valence-corrected chi connectivity index (χ2v) is 7.99. The number of carbonyl (C=O) groups excluding carboxylic acids is 1. The maximum absolute atomic E-state index is 11.9. The van der Waals surface area contributed by atoms with Gasteiger partial charge < -0.3 is 33.2 Å². The maximum atomic E-state index is 11.9. The van der Waals surface area contributed by atoms with Crippen LogP contribution in [0.5, 0.6) is 0 Å². The van der Waals surface area contributed by atoms with Crippen LogP contribution in [0.3, 0.4) is 0 Å². The van der Waals surface area contributed by atoms with Crippen molar-refractivity contribution in [3.8, 4) is 0 Å². The average molecular weight is 447 g/mol. The summed E-state index contributed by atoms with van der Waals surface area (Å²) in [6, 6.07) is 0.247. The van der Waals surface area contributed by atoms with Gasteiger partial charge in [0.2, 0.25) is 0 Å². The molecule has 0 heterocycles. The summed E-state index contributed by atoms with van der Waals surface area (Å²) in [5.41, 5.74) is 1.76. The molecule has 0 N–H and O–H groups in total. The Bertz CT molecular complexity index is 492. The van der Waals surface area contributed by atoms with Crippen LogP contribution in [0.25, 0.3) is 0 Å². The van der Waals surface area contributed by atoms with Gasteiger partial charge in [0.25, 0.3) is 0 Å². The molecule has 0 amide bonds. The van der Waals surface area contributed by atoms with Crippen molar-refractivity contribution in [2.24, 2.45) is 11.3 Å². The van der Waals surface area contributed by atoms with Crippen LogP contribution >= 0.6 is 0 Å². The highest BCUT2D eigenvalue weighted by molar-refractivity contribution is 5.70. The zero-order valence-electron chi connectivity index (χ0n) is 16.1. The lowest BCUT2D eigenvalue weighted by molar-refractivity contribution is -0.899. The molecule has 3 nitrogen and oxygen atoms in total. The number of rotatable bonds is 7. The molecule has 0 bridgehead atoms. The highest BCUT2D eigenvalue weighted by Crippen LogP contribution is 2.41. The van der Waals surface area contributed by atoms with Crippen molar-refractivity contribution in [2.75, 3.05) is 27.2 Å². The van der Waals surface area contributed by atoms with Gasteiger partial charge in [-0.3, -0.25) is 0 Å². The van der Waals surface area contributed by atoms with Crippen molar-refractivity contribution in [1.82, 2.24) is 0 Å². The Morgan fingerprint density at radius 2 is 2.12 bits per heavy atom. The molecule has 24 heavy (non-hydrogen) atoms. The monoisotopic (exact) mass is 447 g/mol. The molecule has 0 aromatic rings. The molecule has 1 aliphatic carbocycles. The van der Waals surface area contributed by atoms with Crippen LogP contribution in [-0.4, -0.2) is 43.7 Å². The zero-order valence-corrected chi connectivity index (χ0v) is 18.3. The number of quaternary nitrogens is 1. The van der Waals surface area contributed by atoms with Crippen LogP contribution in [0, 0.1) is 11.3 Å². The van der Waals surface area contributed by atoms with E-state index in [2.05, 4.69) is 66.6 Å². The highest BCUT2D eigenvalue weighted by atomic mass is 127. The van der Waals surface area contributed by atoms with E-state index in [9.17, 15) is 4.79 Å². The van der Waals surface area contributed by atoms with E-state index in [0.717, 1.165) is 0 Å². The minimum atomic E-state index is -0.177. The molecule has 4 heteroatoms. The van der Waals surface area contributed by atoms with Crippen molar-refractivity contribution in [3.05, 3.63) is 36.5 Å². The number of nitrogens with zero attached hydrogens (tertiary/aromatic N) is 1. The highest BCUT2D eigenvalue weighted by Gasteiger charge is 2.32. The van der Waals surface area contributed by atoms with E-state index in [1.54, 1.807) is 6.08 Å². The van der Waals surface area contributed by atoms with Crippen LogP contribution in [0.2, 0.25) is 0 Å². The molecule has 0 saturated heterocycles. The van der Waals surface area contributed by atoms with Gasteiger partial charge in [-0.05, 0) is 38.2 Å². The Morgan fingerprint density at radius 1 is 1.50 bits per heavy atom. The smallest absolute Gasteiger partial charge is 0.362 e. The van der Waals surface area contributed by atoms with Crippen LogP contribution in [-0.2, 0) is 9.53 Å². The molecule has 1 aliphatic rings. The molecule has 0 spiro atoms. The Labute approximate surface area is 165 Å². The molecule has 0 aliphatic heterocycles. The Hall–Kier alpha value is -0.620. The molecule has 1 rings (SSSR count). The summed E-state index contributed by atoms with van der Waals surface area (Å²) >= 11 is 0. The number of esters is 1. The van der Waals surface area contributed by atoms with Gasteiger partial charge in [0.1, 0.15) is 12.6 Å². The summed E-state index contributed by atoms with van der Waals surface area (Å²) in [6.45, 7) is 13.3. The Kier molecular flexibility index (Phi) is 9.51. The molecule has 2 atom stereocenters. The number of hydrogen-bond acceptors (Lipinski definition) is 2. The van der Waals surface area contributed by atoms with E-state index in [4.69, 9.17) is 4.74 Å². The normalized spacial score (nSPS) is 21.6. The number of halogens is 1. The van der Waals surface area contributed by atoms with Gasteiger partial charge >= 0.3 is 5.97 Å². The van der Waals surface area contributed by atoms with Gasteiger partial charge in [0.05, 0.1) is 14.1 Å². The predicted molar refractivity (Wildman–Crippen MR) is 97.0 cm³/mol. The fraction of sp³-hybridized carbons (Fsp3) is 0.650. The van der Waals surface area contributed by atoms with Gasteiger partial charge in [0.15, 0.2) is 6.54 Å². The summed E-state index contributed by atoms with van der Waals surface area (Å²) in [6.07, 6.45) is 11.0. The van der Waals surface area contributed by atoms with Crippen molar-refractivity contribution in [3.63, 3.8) is 0 Å². The fourth-order valence-corrected chi connectivity index (χ4v) is 3.16. The summed E-state index contributed by atoms with van der Waals surface area (Å²) in [4.78, 5) is 11.9. The van der Waals surface area contributed by atoms with Gasteiger partial charge in [-0.25, -0.2) is 4.79 Å². The van der Waals surface area contributed by atoms with Crippen molar-refractivity contribution in [2.45, 2.75) is 46.6 Å². The largest absolute Gasteiger partial charge is 1.00 e. The minimum Gasteiger partial charge on any atom is -1.00 e. The van der Waals surface area contributed by atoms with Gasteiger partial charge in [-0.15, -0.1) is 0 Å². The molecule has 2 unspecified atom stereocenters. The SMILES string of the molecule is C=CCOC(=O)C[N+](C)(C)C(C)/C=C/C1C(C)=CCCC1(C)C.[I-]. The molecule has 0 fully saturated rings. The number of likely N-dealkylation sites (N-methyl/N-ethyl adjacent to an activating group) is 1. The molecule has 0 saturated carbocycles. The number of hydrogen-bond donors (Lipinski definition) is 0. The summed E-state index contributed by atoms with van der Waals surface area (Å²) in [7, 11) is 4.14. The number of carbonyl (C=O) groups is 1. The van der Waals surface area contributed by atoms with E-state index in [1.807, 2.05) is 0 Å². The molecule has 0 aromatic carbocycles. The molecular weight excluding hydrogens is 413 g/mol. The molecular formula is C20H34INO2. The second kappa shape index (κ2) is 9.76. The van der Waals surface area contributed by atoms with Crippen molar-refractivity contribution in [1.29, 1.82) is 0 Å². The van der Waals surface area contributed by atoms with Crippen molar-refractivity contribution < 1.29 is 38.0 Å². The molecule has 138 valence electrons. The van der Waals surface area contributed by atoms with E-state index in [-0.39, 0.29) is 42.6 Å². The second-order valence-electron chi connectivity index (χ2n) is 7.99. The average Bonchev–Trinajstić information content (AvgIpc) is 2.43. The predicted octanol–water partition coefficient (Wildman–Crippen LogP) is 1.12. The lowest BCUT2D eigenvalue weighted by Crippen LogP contribution is -3.00. The fourth-order valence-electron chi connectivity index (χ4n) is 3.16. The standard InChI is InChI=1S/C20H34NO2.HI/c1-8-14-23-19(22)15-21(6,7)17(3)11-12-18-16(2)10-9-13-20(18,4)5;/h8,10-12,17-18H,1,9,13-15H2,2-7H3;1H/q+1;/p-1/b12-11+;. The first-order valence-electron chi connectivity index (χ1n) is 8.54. The van der Waals surface area contributed by atoms with Gasteiger partial charge in [-0.2, -0.15) is 0 Å². The minimum absolute atomic E-state index is 0. The molecule has 0 aromatic heterocycles. The quantitative estimate of drug-likeness (QED) is 0.253. The number of ether oxygens (including phenoxy) is 1. The van der Waals surface area contributed by atoms with Crippen LogP contribution in [0.4, 0.5) is 0 Å². The lowest BCUT2D eigenvalue weighted by Gasteiger charge is -2.38. The van der Waals surface area contributed by atoms with E-state index >= 15 is 0 Å². The topological polar surface area (TPSA) is 26.3 Å². The van der Waals surface area contributed by atoms with Gasteiger partial charge in [0, 0.05) is 5.92 Å². The third-order valence-electron chi connectivity index (χ3n) is 5.17. The lowest BCUT2D eigenvalue weighted by atomic mass is 9.68. The number of allylic oxidation sites excluding steroid dienone is 3.